The number of aromatic nitrogens is 1. The van der Waals surface area contributed by atoms with Crippen molar-refractivity contribution in [3.63, 3.8) is 0 Å². The summed E-state index contributed by atoms with van der Waals surface area (Å²) >= 11 is 0. The number of rotatable bonds is 3. The molecule has 8 heteroatoms. The van der Waals surface area contributed by atoms with E-state index in [-0.39, 0.29) is 29.0 Å². The molecule has 0 bridgehead atoms. The van der Waals surface area contributed by atoms with E-state index in [1.54, 1.807) is 25.1 Å². The van der Waals surface area contributed by atoms with Crippen LogP contribution in [0.2, 0.25) is 0 Å². The van der Waals surface area contributed by atoms with Crippen molar-refractivity contribution in [3.05, 3.63) is 35.6 Å². The van der Waals surface area contributed by atoms with Gasteiger partial charge in [-0.1, -0.05) is 24.2 Å². The first kappa shape index (κ1) is 16.9. The number of carbonyl (C=O) groups is 2. The lowest BCUT2D eigenvalue weighted by molar-refractivity contribution is -0.125. The third-order valence-corrected chi connectivity index (χ3v) is 4.31. The van der Waals surface area contributed by atoms with Crippen LogP contribution in [0.25, 0.3) is 11.3 Å². The van der Waals surface area contributed by atoms with Gasteiger partial charge in [0, 0.05) is 12.1 Å². The van der Waals surface area contributed by atoms with E-state index in [1.807, 2.05) is 6.92 Å². The van der Waals surface area contributed by atoms with E-state index < -0.39 is 17.9 Å². The molecule has 3 rings (SSSR count). The number of carbonyl (C=O) groups excluding carboxylic acids is 2. The zero-order chi connectivity index (χ0) is 18.0. The molecule has 1 saturated heterocycles. The number of halogens is 1. The van der Waals surface area contributed by atoms with Gasteiger partial charge in [-0.15, -0.1) is 0 Å². The fraction of sp³-hybridized carbons (Fsp3) is 0.353. The maximum Gasteiger partial charge on any atom is 0.321 e. The Morgan fingerprint density at radius 3 is 2.88 bits per heavy atom. The monoisotopic (exact) mass is 346 g/mol. The molecule has 0 radical (unpaired) electrons. The average molecular weight is 346 g/mol. The second-order valence-electron chi connectivity index (χ2n) is 6.10. The molecule has 0 saturated carbocycles. The molecule has 3 amide bonds. The van der Waals surface area contributed by atoms with E-state index in [9.17, 15) is 14.0 Å². The summed E-state index contributed by atoms with van der Waals surface area (Å²) in [5.74, 6) is -0.188. The minimum Gasteiger partial charge on any atom is -0.354 e. The van der Waals surface area contributed by atoms with Gasteiger partial charge in [-0.05, 0) is 31.4 Å². The third kappa shape index (κ3) is 3.47. The summed E-state index contributed by atoms with van der Waals surface area (Å²) in [6, 6.07) is 4.98. The maximum absolute atomic E-state index is 13.9. The summed E-state index contributed by atoms with van der Waals surface area (Å²) in [4.78, 5) is 24.0. The van der Waals surface area contributed by atoms with E-state index in [0.717, 1.165) is 6.42 Å². The van der Waals surface area contributed by atoms with Crippen LogP contribution in [0.1, 0.15) is 18.9 Å². The van der Waals surface area contributed by atoms with Crippen LogP contribution in [0.15, 0.2) is 28.8 Å². The highest BCUT2D eigenvalue weighted by Gasteiger charge is 2.30. The largest absolute Gasteiger partial charge is 0.354 e. The number of piperidine rings is 1. The van der Waals surface area contributed by atoms with Crippen molar-refractivity contribution in [1.29, 1.82) is 0 Å². The Morgan fingerprint density at radius 2 is 2.16 bits per heavy atom. The zero-order valence-corrected chi connectivity index (χ0v) is 13.9. The fourth-order valence-corrected chi connectivity index (χ4v) is 2.80. The van der Waals surface area contributed by atoms with Crippen LogP contribution in [0.4, 0.5) is 15.0 Å². The molecular formula is C17H19FN4O3. The van der Waals surface area contributed by atoms with Crippen molar-refractivity contribution in [2.45, 2.75) is 26.3 Å². The molecule has 0 spiro atoms. The molecule has 1 aliphatic rings. The summed E-state index contributed by atoms with van der Waals surface area (Å²) < 4.78 is 19.1. The van der Waals surface area contributed by atoms with Crippen LogP contribution in [-0.4, -0.2) is 29.7 Å². The predicted octanol–water partition coefficient (Wildman–Crippen LogP) is 2.44. The van der Waals surface area contributed by atoms with Crippen molar-refractivity contribution in [1.82, 2.24) is 15.8 Å². The molecule has 2 atom stereocenters. The van der Waals surface area contributed by atoms with Crippen LogP contribution < -0.4 is 16.0 Å². The number of amides is 3. The van der Waals surface area contributed by atoms with Crippen molar-refractivity contribution in [2.75, 3.05) is 11.9 Å². The molecule has 1 aromatic carbocycles. The second-order valence-corrected chi connectivity index (χ2v) is 6.10. The van der Waals surface area contributed by atoms with Gasteiger partial charge in [0.05, 0.1) is 5.56 Å². The minimum absolute atomic E-state index is 0.0341. The Kier molecular flexibility index (Phi) is 4.69. The van der Waals surface area contributed by atoms with Gasteiger partial charge in [0.15, 0.2) is 11.6 Å². The lowest BCUT2D eigenvalue weighted by Gasteiger charge is -2.28. The topological polar surface area (TPSA) is 96.3 Å². The molecule has 2 aromatic rings. The SMILES string of the molecule is Cc1c(NC(=O)NC2C(=O)NCCC2C)noc1-c1ccccc1F. The van der Waals surface area contributed by atoms with Crippen LogP contribution in [0.3, 0.4) is 0 Å². The number of benzene rings is 1. The molecular weight excluding hydrogens is 327 g/mol. The molecule has 1 aromatic heterocycles. The van der Waals surface area contributed by atoms with Gasteiger partial charge < -0.3 is 15.2 Å². The predicted molar refractivity (Wildman–Crippen MR) is 89.4 cm³/mol. The van der Waals surface area contributed by atoms with Gasteiger partial charge >= 0.3 is 6.03 Å². The normalized spacial score (nSPS) is 20.0. The van der Waals surface area contributed by atoms with E-state index in [4.69, 9.17) is 4.52 Å². The number of hydrogen-bond acceptors (Lipinski definition) is 4. The van der Waals surface area contributed by atoms with E-state index >= 15 is 0 Å². The molecule has 2 unspecified atom stereocenters. The van der Waals surface area contributed by atoms with Gasteiger partial charge in [-0.2, -0.15) is 0 Å². The molecule has 132 valence electrons. The second kappa shape index (κ2) is 6.92. The first-order valence-electron chi connectivity index (χ1n) is 8.03. The highest BCUT2D eigenvalue weighted by atomic mass is 19.1. The highest BCUT2D eigenvalue weighted by Crippen LogP contribution is 2.30. The van der Waals surface area contributed by atoms with E-state index in [2.05, 4.69) is 21.1 Å². The first-order chi connectivity index (χ1) is 12.0. The Hall–Kier alpha value is -2.90. The Labute approximate surface area is 144 Å². The quantitative estimate of drug-likeness (QED) is 0.795. The van der Waals surface area contributed by atoms with Crippen LogP contribution in [-0.2, 0) is 4.79 Å². The molecule has 25 heavy (non-hydrogen) atoms. The number of nitrogens with zero attached hydrogens (tertiary/aromatic N) is 1. The van der Waals surface area contributed by atoms with Crippen molar-refractivity contribution in [3.8, 4) is 11.3 Å². The lowest BCUT2D eigenvalue weighted by Crippen LogP contribution is -2.55. The fourth-order valence-electron chi connectivity index (χ4n) is 2.80. The Bertz CT molecular complexity index is 805. The Balaban J connectivity index is 1.72. The summed E-state index contributed by atoms with van der Waals surface area (Å²) in [6.45, 7) is 4.18. The molecule has 2 heterocycles. The van der Waals surface area contributed by atoms with E-state index in [1.165, 1.54) is 6.07 Å². The maximum atomic E-state index is 13.9. The van der Waals surface area contributed by atoms with Gasteiger partial charge in [-0.25, -0.2) is 9.18 Å². The van der Waals surface area contributed by atoms with Gasteiger partial charge in [0.25, 0.3) is 0 Å². The average Bonchev–Trinajstić information content (AvgIpc) is 2.92. The lowest BCUT2D eigenvalue weighted by atomic mass is 9.94. The highest BCUT2D eigenvalue weighted by molar-refractivity contribution is 5.94. The Morgan fingerprint density at radius 1 is 1.40 bits per heavy atom. The number of anilines is 1. The van der Waals surface area contributed by atoms with Gasteiger partial charge in [-0.3, -0.25) is 10.1 Å². The third-order valence-electron chi connectivity index (χ3n) is 4.31. The molecule has 7 nitrogen and oxygen atoms in total. The number of hydrogen-bond donors (Lipinski definition) is 3. The van der Waals surface area contributed by atoms with Crippen molar-refractivity contribution >= 4 is 17.8 Å². The summed E-state index contributed by atoms with van der Waals surface area (Å²) in [5.41, 5.74) is 0.766. The minimum atomic E-state index is -0.605. The van der Waals surface area contributed by atoms with Crippen molar-refractivity contribution < 1.29 is 18.5 Å². The zero-order valence-electron chi connectivity index (χ0n) is 13.9. The summed E-state index contributed by atoms with van der Waals surface area (Å²) in [5, 5.41) is 11.7. The molecule has 0 aliphatic carbocycles. The van der Waals surface area contributed by atoms with Crippen molar-refractivity contribution in [2.24, 2.45) is 5.92 Å². The van der Waals surface area contributed by atoms with Crippen LogP contribution >= 0.6 is 0 Å². The smallest absolute Gasteiger partial charge is 0.321 e. The summed E-state index contributed by atoms with van der Waals surface area (Å²) in [6.07, 6.45) is 0.789. The number of urea groups is 1. The molecule has 3 N–H and O–H groups in total. The van der Waals surface area contributed by atoms with Crippen LogP contribution in [0.5, 0.6) is 0 Å². The first-order valence-corrected chi connectivity index (χ1v) is 8.03. The standard InChI is InChI=1S/C17H19FN4O3/c1-9-7-8-19-16(23)13(9)20-17(24)21-15-10(2)14(25-22-15)11-5-3-4-6-12(11)18/h3-6,9,13H,7-8H2,1-2H3,(H,19,23)(H2,20,21,22,24). The summed E-state index contributed by atoms with van der Waals surface area (Å²) in [7, 11) is 0. The molecule has 1 fully saturated rings. The van der Waals surface area contributed by atoms with E-state index in [0.29, 0.717) is 12.1 Å². The number of nitrogens with one attached hydrogen (secondary N) is 3. The van der Waals surface area contributed by atoms with Gasteiger partial charge in [0.1, 0.15) is 11.9 Å². The van der Waals surface area contributed by atoms with Gasteiger partial charge in [0.2, 0.25) is 5.91 Å². The molecule has 1 aliphatic heterocycles. The van der Waals surface area contributed by atoms with Crippen LogP contribution in [0, 0.1) is 18.7 Å².